The van der Waals surface area contributed by atoms with Gasteiger partial charge in [-0.25, -0.2) is 9.50 Å². The largest absolute Gasteiger partial charge is 0.434 e. The molecule has 0 saturated heterocycles. The number of alkyl halides is 6. The second-order valence-electron chi connectivity index (χ2n) is 5.06. The van der Waals surface area contributed by atoms with Crippen LogP contribution in [-0.4, -0.2) is 24.4 Å². The van der Waals surface area contributed by atoms with Crippen LogP contribution in [0.5, 0.6) is 0 Å². The minimum Gasteiger partial charge on any atom is -0.263 e. The Morgan fingerprint density at radius 1 is 1.08 bits per heavy atom. The van der Waals surface area contributed by atoms with E-state index in [4.69, 9.17) is 16.9 Å². The summed E-state index contributed by atoms with van der Waals surface area (Å²) < 4.78 is 80.3. The van der Waals surface area contributed by atoms with Crippen molar-refractivity contribution in [3.8, 4) is 17.3 Å². The Balaban J connectivity index is 2.39. The van der Waals surface area contributed by atoms with Gasteiger partial charge in [0.15, 0.2) is 17.0 Å². The highest BCUT2D eigenvalue weighted by Gasteiger charge is 2.41. The van der Waals surface area contributed by atoms with E-state index in [0.717, 1.165) is 13.2 Å². The van der Waals surface area contributed by atoms with Crippen molar-refractivity contribution < 1.29 is 26.3 Å². The van der Waals surface area contributed by atoms with Gasteiger partial charge in [0.2, 0.25) is 0 Å². The van der Waals surface area contributed by atoms with Crippen molar-refractivity contribution in [2.24, 2.45) is 7.05 Å². The number of nitriles is 1. The van der Waals surface area contributed by atoms with E-state index in [2.05, 4.69) is 15.2 Å². The van der Waals surface area contributed by atoms with E-state index in [1.54, 1.807) is 0 Å². The van der Waals surface area contributed by atoms with E-state index < -0.39 is 51.2 Å². The lowest BCUT2D eigenvalue weighted by atomic mass is 10.2. The van der Waals surface area contributed by atoms with E-state index in [1.165, 1.54) is 6.07 Å². The van der Waals surface area contributed by atoms with Gasteiger partial charge < -0.3 is 0 Å². The molecule has 0 bridgehead atoms. The van der Waals surface area contributed by atoms with Crippen LogP contribution in [0.15, 0.2) is 12.4 Å². The van der Waals surface area contributed by atoms with Gasteiger partial charge in [0, 0.05) is 13.2 Å². The Hall–Kier alpha value is -2.81. The molecule has 3 heterocycles. The number of rotatable bonds is 1. The van der Waals surface area contributed by atoms with Crippen molar-refractivity contribution in [2.45, 2.75) is 12.4 Å². The topological polar surface area (TPSA) is 71.8 Å². The standard InChI is InChI=1S/C13H5ClF6N6/c1-25-10(13(18,19)20)6(4-23-25)8-7(14)11-22-3-5(2-21)9(12(15,16)17)26(11)24-8/h3-4H,1H3. The second kappa shape index (κ2) is 5.60. The molecule has 3 rings (SSSR count). The number of aryl methyl sites for hydroxylation is 1. The summed E-state index contributed by atoms with van der Waals surface area (Å²) in [6.45, 7) is 0. The average molecular weight is 395 g/mol. The first-order chi connectivity index (χ1) is 12.0. The van der Waals surface area contributed by atoms with Gasteiger partial charge in [0.25, 0.3) is 0 Å². The summed E-state index contributed by atoms with van der Waals surface area (Å²) in [6.07, 6.45) is -8.45. The molecule has 0 radical (unpaired) electrons. The molecule has 0 unspecified atom stereocenters. The Morgan fingerprint density at radius 2 is 1.69 bits per heavy atom. The molecule has 3 aromatic rings. The molecule has 26 heavy (non-hydrogen) atoms. The zero-order chi connectivity index (χ0) is 19.4. The molecule has 0 spiro atoms. The van der Waals surface area contributed by atoms with Gasteiger partial charge in [0.05, 0.1) is 11.8 Å². The monoisotopic (exact) mass is 394 g/mol. The fourth-order valence-corrected chi connectivity index (χ4v) is 2.70. The van der Waals surface area contributed by atoms with E-state index in [1.807, 2.05) is 0 Å². The summed E-state index contributed by atoms with van der Waals surface area (Å²) in [6, 6.07) is 1.32. The van der Waals surface area contributed by atoms with Crippen molar-refractivity contribution in [1.82, 2.24) is 24.4 Å². The number of aromatic nitrogens is 5. The van der Waals surface area contributed by atoms with Crippen LogP contribution in [0.3, 0.4) is 0 Å². The lowest BCUT2D eigenvalue weighted by Crippen LogP contribution is -2.16. The first-order valence-electron chi connectivity index (χ1n) is 6.61. The first kappa shape index (κ1) is 18.0. The molecule has 136 valence electrons. The van der Waals surface area contributed by atoms with Gasteiger partial charge in [0.1, 0.15) is 22.3 Å². The highest BCUT2D eigenvalue weighted by atomic mass is 35.5. The van der Waals surface area contributed by atoms with Gasteiger partial charge in [-0.15, -0.1) is 0 Å². The van der Waals surface area contributed by atoms with Crippen molar-refractivity contribution in [3.63, 3.8) is 0 Å². The summed E-state index contributed by atoms with van der Waals surface area (Å²) in [5, 5.41) is 15.3. The molecule has 0 aliphatic heterocycles. The smallest absolute Gasteiger partial charge is 0.263 e. The van der Waals surface area contributed by atoms with E-state index in [9.17, 15) is 26.3 Å². The maximum atomic E-state index is 13.3. The van der Waals surface area contributed by atoms with Gasteiger partial charge >= 0.3 is 12.4 Å². The van der Waals surface area contributed by atoms with Crippen LogP contribution in [0.4, 0.5) is 26.3 Å². The minimum atomic E-state index is -5.01. The average Bonchev–Trinajstić information content (AvgIpc) is 3.05. The fourth-order valence-electron chi connectivity index (χ4n) is 2.43. The van der Waals surface area contributed by atoms with Gasteiger partial charge in [-0.3, -0.25) is 4.68 Å². The number of nitrogens with zero attached hydrogens (tertiary/aromatic N) is 6. The zero-order valence-electron chi connectivity index (χ0n) is 12.5. The summed E-state index contributed by atoms with van der Waals surface area (Å²) >= 11 is 5.94. The number of halogens is 7. The highest BCUT2D eigenvalue weighted by molar-refractivity contribution is 6.36. The first-order valence-corrected chi connectivity index (χ1v) is 6.98. The quantitative estimate of drug-likeness (QED) is 0.590. The van der Waals surface area contributed by atoms with Gasteiger partial charge in [-0.2, -0.15) is 41.8 Å². The number of fused-ring (bicyclic) bond motifs is 1. The van der Waals surface area contributed by atoms with Crippen LogP contribution in [0, 0.1) is 11.3 Å². The molecule has 6 nitrogen and oxygen atoms in total. The Morgan fingerprint density at radius 3 is 2.23 bits per heavy atom. The van der Waals surface area contributed by atoms with Crippen LogP contribution < -0.4 is 0 Å². The molecule has 3 aromatic heterocycles. The number of hydrogen-bond donors (Lipinski definition) is 0. The fraction of sp³-hybridized carbons (Fsp3) is 0.231. The summed E-state index contributed by atoms with van der Waals surface area (Å²) in [5.74, 6) is 0. The Kier molecular flexibility index (Phi) is 3.87. The zero-order valence-corrected chi connectivity index (χ0v) is 13.2. The molecule has 0 aliphatic carbocycles. The van der Waals surface area contributed by atoms with Crippen LogP contribution in [0.25, 0.3) is 16.9 Å². The van der Waals surface area contributed by atoms with Crippen LogP contribution in [0.1, 0.15) is 17.0 Å². The molecule has 0 fully saturated rings. The number of hydrogen-bond acceptors (Lipinski definition) is 4. The molecule has 0 aliphatic rings. The lowest BCUT2D eigenvalue weighted by molar-refractivity contribution is -0.144. The van der Waals surface area contributed by atoms with E-state index in [-0.39, 0.29) is 4.52 Å². The normalized spacial score (nSPS) is 12.6. The van der Waals surface area contributed by atoms with Crippen LogP contribution in [-0.2, 0) is 19.4 Å². The van der Waals surface area contributed by atoms with Gasteiger partial charge in [-0.05, 0) is 0 Å². The van der Waals surface area contributed by atoms with Gasteiger partial charge in [-0.1, -0.05) is 11.6 Å². The summed E-state index contributed by atoms with van der Waals surface area (Å²) in [7, 11) is 1.02. The molecular formula is C13H5ClF6N6. The molecule has 0 amide bonds. The third kappa shape index (κ3) is 2.64. The molecular weight excluding hydrogens is 390 g/mol. The van der Waals surface area contributed by atoms with Crippen molar-refractivity contribution >= 4 is 17.2 Å². The maximum absolute atomic E-state index is 13.3. The minimum absolute atomic E-state index is 0.212. The highest BCUT2D eigenvalue weighted by Crippen LogP contribution is 2.41. The Labute approximate surface area is 145 Å². The second-order valence-corrected chi connectivity index (χ2v) is 5.43. The maximum Gasteiger partial charge on any atom is 0.434 e. The van der Waals surface area contributed by atoms with Crippen LogP contribution in [0.2, 0.25) is 5.02 Å². The van der Waals surface area contributed by atoms with Crippen LogP contribution >= 0.6 is 11.6 Å². The summed E-state index contributed by atoms with van der Waals surface area (Å²) in [5.41, 5.74) is -5.31. The summed E-state index contributed by atoms with van der Waals surface area (Å²) in [4.78, 5) is 3.61. The third-order valence-corrected chi connectivity index (χ3v) is 3.79. The molecule has 13 heteroatoms. The predicted octanol–water partition coefficient (Wildman–Crippen LogP) is 3.69. The molecule has 0 saturated carbocycles. The van der Waals surface area contributed by atoms with Crippen molar-refractivity contribution in [3.05, 3.63) is 34.4 Å². The SMILES string of the molecule is Cn1ncc(-c2nn3c(C(F)(F)F)c(C#N)cnc3c2Cl)c1C(F)(F)F. The predicted molar refractivity (Wildman–Crippen MR) is 74.9 cm³/mol. The molecule has 0 aromatic carbocycles. The molecule has 0 atom stereocenters. The Bertz CT molecular complexity index is 1050. The van der Waals surface area contributed by atoms with Crippen molar-refractivity contribution in [1.29, 1.82) is 5.26 Å². The third-order valence-electron chi connectivity index (χ3n) is 3.44. The van der Waals surface area contributed by atoms with E-state index >= 15 is 0 Å². The molecule has 0 N–H and O–H groups in total. The van der Waals surface area contributed by atoms with Crippen molar-refractivity contribution in [2.75, 3.05) is 0 Å². The lowest BCUT2D eigenvalue weighted by Gasteiger charge is -2.09. The van der Waals surface area contributed by atoms with E-state index in [0.29, 0.717) is 10.9 Å².